The molecule has 5 nitrogen and oxygen atoms in total. The number of carbonyl (C=O) groups excluding carboxylic acids is 2. The van der Waals surface area contributed by atoms with Crippen molar-refractivity contribution in [2.75, 3.05) is 6.54 Å². The molecule has 3 atom stereocenters. The Bertz CT molecular complexity index is 900. The first-order valence-corrected chi connectivity index (χ1v) is 9.78. The summed E-state index contributed by atoms with van der Waals surface area (Å²) in [6, 6.07) is 7.68. The second-order valence-electron chi connectivity index (χ2n) is 8.36. The Labute approximate surface area is 153 Å². The van der Waals surface area contributed by atoms with Crippen LogP contribution in [-0.4, -0.2) is 45.2 Å². The number of amides is 2. The van der Waals surface area contributed by atoms with E-state index >= 15 is 0 Å². The van der Waals surface area contributed by atoms with Gasteiger partial charge in [0, 0.05) is 29.6 Å². The van der Waals surface area contributed by atoms with Gasteiger partial charge < -0.3 is 14.8 Å². The number of hydrogen-bond acceptors (Lipinski definition) is 2. The highest BCUT2D eigenvalue weighted by Gasteiger charge is 2.52. The lowest BCUT2D eigenvalue weighted by Crippen LogP contribution is -2.65. The Morgan fingerprint density at radius 3 is 2.77 bits per heavy atom. The molecule has 0 unspecified atom stereocenters. The van der Waals surface area contributed by atoms with Crippen LogP contribution in [0.5, 0.6) is 0 Å². The minimum atomic E-state index is -0.340. The topological polar surface area (TPSA) is 56.4 Å². The maximum Gasteiger partial charge on any atom is 0.246 e. The number of aromatic nitrogens is 1. The van der Waals surface area contributed by atoms with Crippen molar-refractivity contribution in [3.8, 4) is 0 Å². The summed E-state index contributed by atoms with van der Waals surface area (Å²) < 4.78 is 0. The summed E-state index contributed by atoms with van der Waals surface area (Å²) in [5.41, 5.74) is 3.47. The summed E-state index contributed by atoms with van der Waals surface area (Å²) in [4.78, 5) is 33.9. The number of piperazine rings is 1. The third kappa shape index (κ3) is 2.09. The molecule has 2 saturated heterocycles. The smallest absolute Gasteiger partial charge is 0.246 e. The van der Waals surface area contributed by atoms with Crippen molar-refractivity contribution in [3.63, 3.8) is 0 Å². The normalized spacial score (nSPS) is 27.9. The summed E-state index contributed by atoms with van der Waals surface area (Å²) in [7, 11) is 0. The van der Waals surface area contributed by atoms with Gasteiger partial charge in [-0.15, -0.1) is 0 Å². The summed E-state index contributed by atoms with van der Waals surface area (Å²) in [5.74, 6) is 0.751. The number of H-pyrrole nitrogens is 1. The molecular formula is C21H25N3O2. The largest absolute Gasteiger partial charge is 0.356 e. The molecule has 5 heteroatoms. The average molecular weight is 351 g/mol. The molecule has 0 saturated carbocycles. The number of nitrogens with one attached hydrogen (secondary N) is 1. The summed E-state index contributed by atoms with van der Waals surface area (Å²) in [6.45, 7) is 5.10. The van der Waals surface area contributed by atoms with Crippen LogP contribution in [-0.2, 0) is 16.0 Å². The van der Waals surface area contributed by atoms with Gasteiger partial charge in [-0.25, -0.2) is 0 Å². The molecule has 26 heavy (non-hydrogen) atoms. The molecule has 3 aliphatic heterocycles. The van der Waals surface area contributed by atoms with Gasteiger partial charge in [0.1, 0.15) is 12.1 Å². The van der Waals surface area contributed by atoms with Gasteiger partial charge in [0.2, 0.25) is 11.8 Å². The minimum absolute atomic E-state index is 0.0321. The molecule has 0 spiro atoms. The zero-order valence-electron chi connectivity index (χ0n) is 15.4. The fourth-order valence-electron chi connectivity index (χ4n) is 5.22. The molecule has 0 aliphatic carbocycles. The van der Waals surface area contributed by atoms with Crippen LogP contribution in [0.4, 0.5) is 0 Å². The SMILES string of the molecule is CC(C)C[C@H]1c2[nH]c3ccccc3c2C[C@H]2C(=O)N3CCC[C@@H]3C(=O)N21. The Morgan fingerprint density at radius 1 is 1.15 bits per heavy atom. The Hall–Kier alpha value is -2.30. The second-order valence-corrected chi connectivity index (χ2v) is 8.36. The van der Waals surface area contributed by atoms with E-state index in [4.69, 9.17) is 0 Å². The van der Waals surface area contributed by atoms with Crippen molar-refractivity contribution < 1.29 is 9.59 Å². The quantitative estimate of drug-likeness (QED) is 0.904. The predicted octanol–water partition coefficient (Wildman–Crippen LogP) is 3.01. The highest BCUT2D eigenvalue weighted by atomic mass is 16.2. The van der Waals surface area contributed by atoms with Crippen LogP contribution in [0.3, 0.4) is 0 Å². The third-order valence-electron chi connectivity index (χ3n) is 6.30. The Kier molecular flexibility index (Phi) is 3.43. The Morgan fingerprint density at radius 2 is 1.96 bits per heavy atom. The van der Waals surface area contributed by atoms with Crippen LogP contribution >= 0.6 is 0 Å². The molecule has 1 aromatic carbocycles. The number of fused-ring (bicyclic) bond motifs is 5. The maximum absolute atomic E-state index is 13.3. The van der Waals surface area contributed by atoms with E-state index in [-0.39, 0.29) is 29.9 Å². The number of aromatic amines is 1. The zero-order valence-corrected chi connectivity index (χ0v) is 15.4. The van der Waals surface area contributed by atoms with Crippen LogP contribution in [0.1, 0.15) is 50.4 Å². The second kappa shape index (κ2) is 5.60. The molecule has 0 bridgehead atoms. The zero-order chi connectivity index (χ0) is 18.0. The molecule has 2 fully saturated rings. The van der Waals surface area contributed by atoms with E-state index in [0.717, 1.165) is 37.0 Å². The fraction of sp³-hybridized carbons (Fsp3) is 0.524. The van der Waals surface area contributed by atoms with Gasteiger partial charge in [-0.1, -0.05) is 32.0 Å². The first kappa shape index (κ1) is 15.9. The van der Waals surface area contributed by atoms with Crippen molar-refractivity contribution in [1.82, 2.24) is 14.8 Å². The lowest BCUT2D eigenvalue weighted by atomic mass is 9.85. The van der Waals surface area contributed by atoms with Crippen molar-refractivity contribution in [2.24, 2.45) is 5.92 Å². The number of nitrogens with zero attached hydrogens (tertiary/aromatic N) is 2. The lowest BCUT2D eigenvalue weighted by molar-refractivity contribution is -0.163. The number of hydrogen-bond donors (Lipinski definition) is 1. The highest BCUT2D eigenvalue weighted by Crippen LogP contribution is 2.43. The maximum atomic E-state index is 13.3. The molecular weight excluding hydrogens is 326 g/mol. The summed E-state index contributed by atoms with van der Waals surface area (Å²) >= 11 is 0. The van der Waals surface area contributed by atoms with Crippen molar-refractivity contribution in [2.45, 2.75) is 57.7 Å². The first-order chi connectivity index (χ1) is 12.6. The molecule has 2 aromatic rings. The predicted molar refractivity (Wildman–Crippen MR) is 99.6 cm³/mol. The van der Waals surface area contributed by atoms with Gasteiger partial charge in [0.15, 0.2) is 0 Å². The minimum Gasteiger partial charge on any atom is -0.356 e. The van der Waals surface area contributed by atoms with Crippen LogP contribution in [0, 0.1) is 5.92 Å². The Balaban J connectivity index is 1.68. The van der Waals surface area contributed by atoms with E-state index in [0.29, 0.717) is 12.3 Å². The number of benzene rings is 1. The molecule has 1 N–H and O–H groups in total. The van der Waals surface area contributed by atoms with Crippen molar-refractivity contribution in [3.05, 3.63) is 35.5 Å². The van der Waals surface area contributed by atoms with Gasteiger partial charge in [0.05, 0.1) is 6.04 Å². The van der Waals surface area contributed by atoms with E-state index in [9.17, 15) is 9.59 Å². The van der Waals surface area contributed by atoms with Gasteiger partial charge in [0.25, 0.3) is 0 Å². The van der Waals surface area contributed by atoms with E-state index in [1.165, 1.54) is 10.9 Å². The van der Waals surface area contributed by atoms with E-state index in [2.05, 4.69) is 31.0 Å². The molecule has 2 amide bonds. The molecule has 3 aliphatic rings. The van der Waals surface area contributed by atoms with E-state index in [1.54, 1.807) is 0 Å². The van der Waals surface area contributed by atoms with Crippen LogP contribution < -0.4 is 0 Å². The van der Waals surface area contributed by atoms with E-state index in [1.807, 2.05) is 21.9 Å². The van der Waals surface area contributed by atoms with Gasteiger partial charge in [-0.2, -0.15) is 0 Å². The monoisotopic (exact) mass is 351 g/mol. The third-order valence-corrected chi connectivity index (χ3v) is 6.30. The highest BCUT2D eigenvalue weighted by molar-refractivity contribution is 5.99. The van der Waals surface area contributed by atoms with Gasteiger partial charge >= 0.3 is 0 Å². The van der Waals surface area contributed by atoms with Crippen LogP contribution in [0.25, 0.3) is 10.9 Å². The van der Waals surface area contributed by atoms with Gasteiger partial charge in [-0.05, 0) is 36.8 Å². The summed E-state index contributed by atoms with van der Waals surface area (Å²) in [6.07, 6.45) is 3.25. The molecule has 5 rings (SSSR count). The summed E-state index contributed by atoms with van der Waals surface area (Å²) in [5, 5.41) is 1.19. The van der Waals surface area contributed by atoms with Crippen LogP contribution in [0.15, 0.2) is 24.3 Å². The lowest BCUT2D eigenvalue weighted by Gasteiger charge is -2.48. The fourth-order valence-corrected chi connectivity index (χ4v) is 5.22. The van der Waals surface area contributed by atoms with Crippen molar-refractivity contribution >= 4 is 22.7 Å². The van der Waals surface area contributed by atoms with Crippen molar-refractivity contribution in [1.29, 1.82) is 0 Å². The number of para-hydroxylation sites is 1. The average Bonchev–Trinajstić information content (AvgIpc) is 3.24. The van der Waals surface area contributed by atoms with Crippen LogP contribution in [0.2, 0.25) is 0 Å². The molecule has 0 radical (unpaired) electrons. The molecule has 136 valence electrons. The van der Waals surface area contributed by atoms with Gasteiger partial charge in [-0.3, -0.25) is 9.59 Å². The molecule has 4 heterocycles. The first-order valence-electron chi connectivity index (χ1n) is 9.78. The van der Waals surface area contributed by atoms with E-state index < -0.39 is 0 Å². The standard InChI is InChI=1S/C21H25N3O2/c1-12(2)10-17-19-14(13-6-3-4-7-15(13)22-19)11-18-20(25)23-9-5-8-16(23)21(26)24(17)18/h3-4,6-7,12,16-18,22H,5,8-11H2,1-2H3/t16-,17+,18+/m1/s1. The number of carbonyl (C=O) groups is 2. The number of rotatable bonds is 2. The molecule has 1 aromatic heterocycles.